The molecule has 0 rings (SSSR count). The Kier molecular flexibility index (Phi) is 5.93. The van der Waals surface area contributed by atoms with Crippen molar-refractivity contribution in [3.63, 3.8) is 0 Å². The Morgan fingerprint density at radius 1 is 1.27 bits per heavy atom. The van der Waals surface area contributed by atoms with Crippen LogP contribution in [0.1, 0.15) is 39.5 Å². The fraction of sp³-hybridized carbons (Fsp3) is 0.800. The first kappa shape index (κ1) is 13.9. The van der Waals surface area contributed by atoms with Gasteiger partial charge < -0.3 is 16.8 Å². The quantitative estimate of drug-likeness (QED) is 0.516. The molecule has 0 radical (unpaired) electrons. The first-order chi connectivity index (χ1) is 6.87. The van der Waals surface area contributed by atoms with Crippen molar-refractivity contribution in [2.45, 2.75) is 45.1 Å². The van der Waals surface area contributed by atoms with Crippen LogP contribution in [0, 0.1) is 0 Å². The number of carbonyl (C=O) groups is 2. The SMILES string of the molecule is CC(C)(CC(N)=O)NC(=O)CCCCN. The van der Waals surface area contributed by atoms with E-state index in [0.29, 0.717) is 13.0 Å². The molecule has 0 saturated carbocycles. The molecule has 0 bridgehead atoms. The molecule has 0 saturated heterocycles. The Labute approximate surface area is 90.6 Å². The molecule has 0 aromatic carbocycles. The summed E-state index contributed by atoms with van der Waals surface area (Å²) in [4.78, 5) is 22.1. The molecule has 0 aliphatic rings. The van der Waals surface area contributed by atoms with Crippen LogP contribution in [0.2, 0.25) is 0 Å². The minimum Gasteiger partial charge on any atom is -0.370 e. The molecule has 0 aliphatic heterocycles. The lowest BCUT2D eigenvalue weighted by molar-refractivity contribution is -0.124. The Morgan fingerprint density at radius 2 is 1.87 bits per heavy atom. The summed E-state index contributed by atoms with van der Waals surface area (Å²) >= 11 is 0. The zero-order valence-electron chi connectivity index (χ0n) is 9.51. The molecule has 0 unspecified atom stereocenters. The highest BCUT2D eigenvalue weighted by molar-refractivity contribution is 5.79. The first-order valence-corrected chi connectivity index (χ1v) is 5.17. The maximum atomic E-state index is 11.4. The van der Waals surface area contributed by atoms with Crippen molar-refractivity contribution < 1.29 is 9.59 Å². The highest BCUT2D eigenvalue weighted by atomic mass is 16.2. The molecule has 0 atom stereocenters. The molecule has 0 aromatic heterocycles. The van der Waals surface area contributed by atoms with Crippen molar-refractivity contribution in [2.24, 2.45) is 11.5 Å². The zero-order valence-corrected chi connectivity index (χ0v) is 9.51. The molecule has 5 nitrogen and oxygen atoms in total. The third kappa shape index (κ3) is 7.93. The van der Waals surface area contributed by atoms with E-state index in [0.717, 1.165) is 12.8 Å². The van der Waals surface area contributed by atoms with Gasteiger partial charge in [-0.1, -0.05) is 0 Å². The number of hydrogen-bond donors (Lipinski definition) is 3. The average Bonchev–Trinajstić information content (AvgIpc) is 2.00. The van der Waals surface area contributed by atoms with Gasteiger partial charge >= 0.3 is 0 Å². The van der Waals surface area contributed by atoms with Crippen LogP contribution in [-0.2, 0) is 9.59 Å². The minimum atomic E-state index is -0.564. The molecule has 88 valence electrons. The summed E-state index contributed by atoms with van der Waals surface area (Å²) in [5.74, 6) is -0.475. The number of carbonyl (C=O) groups excluding carboxylic acids is 2. The molecule has 0 heterocycles. The van der Waals surface area contributed by atoms with Gasteiger partial charge in [-0.15, -0.1) is 0 Å². The maximum Gasteiger partial charge on any atom is 0.220 e. The minimum absolute atomic E-state index is 0.0605. The number of primary amides is 1. The van der Waals surface area contributed by atoms with Crippen LogP contribution < -0.4 is 16.8 Å². The average molecular weight is 215 g/mol. The number of nitrogens with two attached hydrogens (primary N) is 2. The summed E-state index contributed by atoms with van der Waals surface area (Å²) in [6, 6.07) is 0. The van der Waals surface area contributed by atoms with Crippen molar-refractivity contribution >= 4 is 11.8 Å². The van der Waals surface area contributed by atoms with Gasteiger partial charge in [0.05, 0.1) is 0 Å². The largest absolute Gasteiger partial charge is 0.370 e. The topological polar surface area (TPSA) is 98.2 Å². The highest BCUT2D eigenvalue weighted by Gasteiger charge is 2.22. The molecule has 0 spiro atoms. The second-order valence-electron chi connectivity index (χ2n) is 4.32. The van der Waals surface area contributed by atoms with Gasteiger partial charge in [0.1, 0.15) is 0 Å². The lowest BCUT2D eigenvalue weighted by Crippen LogP contribution is -2.45. The molecule has 0 fully saturated rings. The lowest BCUT2D eigenvalue weighted by atomic mass is 10.00. The van der Waals surface area contributed by atoms with Gasteiger partial charge in [-0.3, -0.25) is 9.59 Å². The fourth-order valence-electron chi connectivity index (χ4n) is 1.35. The summed E-state index contributed by atoms with van der Waals surface area (Å²) in [5, 5.41) is 2.77. The number of unbranched alkanes of at least 4 members (excludes halogenated alkanes) is 1. The molecule has 5 N–H and O–H groups in total. The van der Waals surface area contributed by atoms with Crippen LogP contribution in [0.4, 0.5) is 0 Å². The number of amides is 2. The van der Waals surface area contributed by atoms with Crippen molar-refractivity contribution in [1.82, 2.24) is 5.32 Å². The van der Waals surface area contributed by atoms with E-state index < -0.39 is 11.4 Å². The van der Waals surface area contributed by atoms with Gasteiger partial charge in [0.2, 0.25) is 11.8 Å². The van der Waals surface area contributed by atoms with Crippen molar-refractivity contribution in [3.05, 3.63) is 0 Å². The van der Waals surface area contributed by atoms with E-state index in [4.69, 9.17) is 11.5 Å². The summed E-state index contributed by atoms with van der Waals surface area (Å²) in [6.45, 7) is 4.15. The van der Waals surface area contributed by atoms with Crippen LogP contribution >= 0.6 is 0 Å². The molecular weight excluding hydrogens is 194 g/mol. The Bertz CT molecular complexity index is 227. The monoisotopic (exact) mass is 215 g/mol. The third-order valence-electron chi connectivity index (χ3n) is 1.95. The second-order valence-corrected chi connectivity index (χ2v) is 4.32. The van der Waals surface area contributed by atoms with Gasteiger partial charge in [-0.25, -0.2) is 0 Å². The smallest absolute Gasteiger partial charge is 0.220 e. The summed E-state index contributed by atoms with van der Waals surface area (Å²) in [6.07, 6.45) is 2.20. The number of rotatable bonds is 7. The third-order valence-corrected chi connectivity index (χ3v) is 1.95. The van der Waals surface area contributed by atoms with Crippen LogP contribution in [0.5, 0.6) is 0 Å². The van der Waals surface area contributed by atoms with E-state index in [1.165, 1.54) is 0 Å². The summed E-state index contributed by atoms with van der Waals surface area (Å²) in [5.41, 5.74) is 9.82. The Morgan fingerprint density at radius 3 is 2.33 bits per heavy atom. The second kappa shape index (κ2) is 6.40. The van der Waals surface area contributed by atoms with Gasteiger partial charge in [0.15, 0.2) is 0 Å². The molecule has 5 heteroatoms. The number of hydrogen-bond acceptors (Lipinski definition) is 3. The standard InChI is InChI=1S/C10H21N3O2/c1-10(2,7-8(12)14)13-9(15)5-3-4-6-11/h3-7,11H2,1-2H3,(H2,12,14)(H,13,15). The fourth-order valence-corrected chi connectivity index (χ4v) is 1.35. The Balaban J connectivity index is 3.88. The van der Waals surface area contributed by atoms with E-state index >= 15 is 0 Å². The van der Waals surface area contributed by atoms with Crippen LogP contribution in [-0.4, -0.2) is 23.9 Å². The van der Waals surface area contributed by atoms with Gasteiger partial charge in [0.25, 0.3) is 0 Å². The summed E-state index contributed by atoms with van der Waals surface area (Å²) in [7, 11) is 0. The van der Waals surface area contributed by atoms with Gasteiger partial charge in [-0.2, -0.15) is 0 Å². The molecule has 0 aliphatic carbocycles. The van der Waals surface area contributed by atoms with Gasteiger partial charge in [-0.05, 0) is 33.2 Å². The van der Waals surface area contributed by atoms with E-state index in [2.05, 4.69) is 5.32 Å². The van der Waals surface area contributed by atoms with Crippen molar-refractivity contribution in [1.29, 1.82) is 0 Å². The predicted octanol–water partition coefficient (Wildman–Crippen LogP) is -0.114. The predicted molar refractivity (Wildman–Crippen MR) is 58.9 cm³/mol. The Hall–Kier alpha value is -1.10. The van der Waals surface area contributed by atoms with Crippen molar-refractivity contribution in [3.8, 4) is 0 Å². The lowest BCUT2D eigenvalue weighted by Gasteiger charge is -2.24. The highest BCUT2D eigenvalue weighted by Crippen LogP contribution is 2.08. The first-order valence-electron chi connectivity index (χ1n) is 5.17. The molecule has 15 heavy (non-hydrogen) atoms. The number of nitrogens with one attached hydrogen (secondary N) is 1. The van der Waals surface area contributed by atoms with E-state index in [1.807, 2.05) is 0 Å². The van der Waals surface area contributed by atoms with Crippen LogP contribution in [0.25, 0.3) is 0 Å². The van der Waals surface area contributed by atoms with E-state index in [1.54, 1.807) is 13.8 Å². The maximum absolute atomic E-state index is 11.4. The van der Waals surface area contributed by atoms with E-state index in [9.17, 15) is 9.59 Å². The van der Waals surface area contributed by atoms with Crippen LogP contribution in [0.3, 0.4) is 0 Å². The van der Waals surface area contributed by atoms with E-state index in [-0.39, 0.29) is 12.3 Å². The molecule has 0 aromatic rings. The van der Waals surface area contributed by atoms with Crippen LogP contribution in [0.15, 0.2) is 0 Å². The zero-order chi connectivity index (χ0) is 11.9. The van der Waals surface area contributed by atoms with Crippen molar-refractivity contribution in [2.75, 3.05) is 6.54 Å². The molecule has 2 amide bonds. The van der Waals surface area contributed by atoms with Gasteiger partial charge in [0, 0.05) is 18.4 Å². The normalized spacial score (nSPS) is 11.1. The molecular formula is C10H21N3O2. The summed E-state index contributed by atoms with van der Waals surface area (Å²) < 4.78 is 0.